The standard InChI is InChI=1S/C16H24N2O4/c19-11-13(20)10-17-14-9-12(16(21)22)5-6-15(14)18-7-3-1-2-4-8-18/h5-6,9,13,17,19-20H,1-4,7-8,10-11H2,(H,21,22). The van der Waals surface area contributed by atoms with Crippen LogP contribution < -0.4 is 10.2 Å². The Morgan fingerprint density at radius 3 is 2.50 bits per heavy atom. The van der Waals surface area contributed by atoms with Gasteiger partial charge in [-0.25, -0.2) is 4.79 Å². The summed E-state index contributed by atoms with van der Waals surface area (Å²) in [5.74, 6) is -0.979. The first-order chi connectivity index (χ1) is 10.6. The molecule has 22 heavy (non-hydrogen) atoms. The van der Waals surface area contributed by atoms with Crippen LogP contribution in [-0.2, 0) is 0 Å². The summed E-state index contributed by atoms with van der Waals surface area (Å²) < 4.78 is 0. The van der Waals surface area contributed by atoms with Crippen molar-refractivity contribution in [1.29, 1.82) is 0 Å². The van der Waals surface area contributed by atoms with Crippen LogP contribution in [0.5, 0.6) is 0 Å². The Kier molecular flexibility index (Phi) is 6.03. The van der Waals surface area contributed by atoms with Crippen molar-refractivity contribution in [3.8, 4) is 0 Å². The second-order valence-corrected chi connectivity index (χ2v) is 5.66. The molecular formula is C16H24N2O4. The van der Waals surface area contributed by atoms with Crippen LogP contribution in [0, 0.1) is 0 Å². The van der Waals surface area contributed by atoms with Crippen molar-refractivity contribution < 1.29 is 20.1 Å². The number of aliphatic hydroxyl groups excluding tert-OH is 2. The zero-order valence-electron chi connectivity index (χ0n) is 12.7. The van der Waals surface area contributed by atoms with E-state index in [0.717, 1.165) is 31.6 Å². The molecule has 1 saturated heterocycles. The van der Waals surface area contributed by atoms with Gasteiger partial charge in [0.1, 0.15) is 0 Å². The van der Waals surface area contributed by atoms with Gasteiger partial charge in [-0.3, -0.25) is 0 Å². The second kappa shape index (κ2) is 8.00. The molecule has 1 aliphatic heterocycles. The van der Waals surface area contributed by atoms with Crippen molar-refractivity contribution in [2.75, 3.05) is 36.5 Å². The molecule has 6 heteroatoms. The number of carbonyl (C=O) groups is 1. The van der Waals surface area contributed by atoms with E-state index in [4.69, 9.17) is 10.2 Å². The quantitative estimate of drug-likeness (QED) is 0.637. The van der Waals surface area contributed by atoms with E-state index < -0.39 is 12.1 Å². The number of hydrogen-bond donors (Lipinski definition) is 4. The third-order valence-corrected chi connectivity index (χ3v) is 3.93. The van der Waals surface area contributed by atoms with E-state index in [-0.39, 0.29) is 18.7 Å². The van der Waals surface area contributed by atoms with Gasteiger partial charge in [0, 0.05) is 19.6 Å². The Hall–Kier alpha value is -1.79. The minimum atomic E-state index is -0.979. The van der Waals surface area contributed by atoms with E-state index in [9.17, 15) is 9.90 Å². The fourth-order valence-electron chi connectivity index (χ4n) is 2.69. The van der Waals surface area contributed by atoms with Crippen molar-refractivity contribution in [1.82, 2.24) is 0 Å². The lowest BCUT2D eigenvalue weighted by Gasteiger charge is -2.26. The molecule has 1 aromatic rings. The Bertz CT molecular complexity index is 499. The van der Waals surface area contributed by atoms with Crippen LogP contribution in [0.25, 0.3) is 0 Å². The summed E-state index contributed by atoms with van der Waals surface area (Å²) >= 11 is 0. The minimum Gasteiger partial charge on any atom is -0.478 e. The fourth-order valence-corrected chi connectivity index (χ4v) is 2.69. The van der Waals surface area contributed by atoms with Crippen molar-refractivity contribution >= 4 is 17.3 Å². The molecular weight excluding hydrogens is 284 g/mol. The van der Waals surface area contributed by atoms with Crippen molar-refractivity contribution in [2.45, 2.75) is 31.8 Å². The Balaban J connectivity index is 2.23. The predicted octanol–water partition coefficient (Wildman–Crippen LogP) is 1.53. The summed E-state index contributed by atoms with van der Waals surface area (Å²) in [5, 5.41) is 30.6. The van der Waals surface area contributed by atoms with Crippen molar-refractivity contribution in [3.05, 3.63) is 23.8 Å². The number of carboxylic acids is 1. The van der Waals surface area contributed by atoms with Crippen LogP contribution in [0.3, 0.4) is 0 Å². The maximum Gasteiger partial charge on any atom is 0.335 e. The van der Waals surface area contributed by atoms with Gasteiger partial charge in [-0.2, -0.15) is 0 Å². The van der Waals surface area contributed by atoms with Crippen LogP contribution >= 0.6 is 0 Å². The van der Waals surface area contributed by atoms with Gasteiger partial charge < -0.3 is 25.5 Å². The highest BCUT2D eigenvalue weighted by atomic mass is 16.4. The van der Waals surface area contributed by atoms with Gasteiger partial charge in [-0.1, -0.05) is 12.8 Å². The topological polar surface area (TPSA) is 93.0 Å². The van der Waals surface area contributed by atoms with Gasteiger partial charge in [0.25, 0.3) is 0 Å². The summed E-state index contributed by atoms with van der Waals surface area (Å²) in [4.78, 5) is 13.4. The molecule has 0 amide bonds. The highest BCUT2D eigenvalue weighted by molar-refractivity contribution is 5.91. The lowest BCUT2D eigenvalue weighted by atomic mass is 10.1. The van der Waals surface area contributed by atoms with Crippen LogP contribution in [0.1, 0.15) is 36.0 Å². The molecule has 0 saturated carbocycles. The third kappa shape index (κ3) is 4.35. The zero-order chi connectivity index (χ0) is 15.9. The van der Waals surface area contributed by atoms with Gasteiger partial charge in [0.05, 0.1) is 29.6 Å². The molecule has 1 fully saturated rings. The molecule has 2 rings (SSSR count). The van der Waals surface area contributed by atoms with Crippen LogP contribution in [0.2, 0.25) is 0 Å². The molecule has 0 spiro atoms. The van der Waals surface area contributed by atoms with E-state index in [1.807, 2.05) is 6.07 Å². The summed E-state index contributed by atoms with van der Waals surface area (Å²) in [6.07, 6.45) is 3.81. The van der Waals surface area contributed by atoms with E-state index in [1.54, 1.807) is 12.1 Å². The smallest absolute Gasteiger partial charge is 0.335 e. The summed E-state index contributed by atoms with van der Waals surface area (Å²) in [6.45, 7) is 1.75. The first-order valence-corrected chi connectivity index (χ1v) is 7.77. The second-order valence-electron chi connectivity index (χ2n) is 5.66. The van der Waals surface area contributed by atoms with Gasteiger partial charge in [-0.05, 0) is 31.0 Å². The number of nitrogens with zero attached hydrogens (tertiary/aromatic N) is 1. The lowest BCUT2D eigenvalue weighted by Crippen LogP contribution is -2.27. The number of benzene rings is 1. The van der Waals surface area contributed by atoms with Gasteiger partial charge in [0.15, 0.2) is 0 Å². The van der Waals surface area contributed by atoms with E-state index >= 15 is 0 Å². The summed E-state index contributed by atoms with van der Waals surface area (Å²) in [7, 11) is 0. The maximum absolute atomic E-state index is 11.2. The number of aromatic carboxylic acids is 1. The molecule has 4 N–H and O–H groups in total. The lowest BCUT2D eigenvalue weighted by molar-refractivity contribution is 0.0697. The van der Waals surface area contributed by atoms with Crippen LogP contribution in [0.15, 0.2) is 18.2 Å². The molecule has 1 aliphatic rings. The first-order valence-electron chi connectivity index (χ1n) is 7.77. The molecule has 122 valence electrons. The normalized spacial score (nSPS) is 16.9. The maximum atomic E-state index is 11.2. The molecule has 0 bridgehead atoms. The minimum absolute atomic E-state index is 0.181. The van der Waals surface area contributed by atoms with E-state index in [2.05, 4.69) is 10.2 Å². The van der Waals surface area contributed by atoms with E-state index in [1.165, 1.54) is 12.8 Å². The number of carboxylic acid groups (broad SMARTS) is 1. The number of aliphatic hydroxyl groups is 2. The average molecular weight is 308 g/mol. The van der Waals surface area contributed by atoms with Crippen LogP contribution in [-0.4, -0.2) is 53.6 Å². The van der Waals surface area contributed by atoms with Crippen LogP contribution in [0.4, 0.5) is 11.4 Å². The van der Waals surface area contributed by atoms with Gasteiger partial charge in [-0.15, -0.1) is 0 Å². The van der Waals surface area contributed by atoms with Crippen molar-refractivity contribution in [2.24, 2.45) is 0 Å². The Morgan fingerprint density at radius 2 is 1.91 bits per heavy atom. The first kappa shape index (κ1) is 16.6. The number of anilines is 2. The molecule has 0 aliphatic carbocycles. The Morgan fingerprint density at radius 1 is 1.23 bits per heavy atom. The summed E-state index contributed by atoms with van der Waals surface area (Å²) in [5.41, 5.74) is 1.85. The predicted molar refractivity (Wildman–Crippen MR) is 85.7 cm³/mol. The zero-order valence-corrected chi connectivity index (χ0v) is 12.7. The van der Waals surface area contributed by atoms with E-state index in [0.29, 0.717) is 5.69 Å². The van der Waals surface area contributed by atoms with Gasteiger partial charge >= 0.3 is 5.97 Å². The number of nitrogens with one attached hydrogen (secondary N) is 1. The molecule has 1 heterocycles. The number of rotatable bonds is 6. The van der Waals surface area contributed by atoms with Crippen molar-refractivity contribution in [3.63, 3.8) is 0 Å². The highest BCUT2D eigenvalue weighted by Gasteiger charge is 2.16. The molecule has 1 atom stereocenters. The monoisotopic (exact) mass is 308 g/mol. The molecule has 0 radical (unpaired) electrons. The van der Waals surface area contributed by atoms with Gasteiger partial charge in [0.2, 0.25) is 0 Å². The molecule has 1 aromatic carbocycles. The molecule has 0 aromatic heterocycles. The Labute approximate surface area is 130 Å². The molecule has 6 nitrogen and oxygen atoms in total. The number of hydrogen-bond acceptors (Lipinski definition) is 5. The SMILES string of the molecule is O=C(O)c1ccc(N2CCCCCC2)c(NCC(O)CO)c1. The fraction of sp³-hybridized carbons (Fsp3) is 0.562. The summed E-state index contributed by atoms with van der Waals surface area (Å²) in [6, 6.07) is 5.02. The third-order valence-electron chi connectivity index (χ3n) is 3.93. The molecule has 1 unspecified atom stereocenters. The average Bonchev–Trinajstić information content (AvgIpc) is 2.81. The largest absolute Gasteiger partial charge is 0.478 e. The highest BCUT2D eigenvalue weighted by Crippen LogP contribution is 2.29.